The molecule has 7 heteroatoms. The Hall–Kier alpha value is -2.64. The van der Waals surface area contributed by atoms with Crippen molar-refractivity contribution in [3.63, 3.8) is 0 Å². The number of aromatic nitrogens is 1. The van der Waals surface area contributed by atoms with Crippen LogP contribution < -0.4 is 9.47 Å². The Balaban J connectivity index is 1.66. The van der Waals surface area contributed by atoms with Crippen LogP contribution in [-0.4, -0.2) is 73.3 Å². The number of hydrogen-bond donors (Lipinski definition) is 0. The highest BCUT2D eigenvalue weighted by Crippen LogP contribution is 2.40. The lowest BCUT2D eigenvalue weighted by atomic mass is 9.88. The van der Waals surface area contributed by atoms with E-state index < -0.39 is 0 Å². The third-order valence-electron chi connectivity index (χ3n) is 6.08. The Morgan fingerprint density at radius 2 is 1.87 bits per heavy atom. The van der Waals surface area contributed by atoms with Crippen LogP contribution in [0.3, 0.4) is 0 Å². The summed E-state index contributed by atoms with van der Waals surface area (Å²) < 4.78 is 16.9. The van der Waals surface area contributed by atoms with Crippen molar-refractivity contribution >= 4 is 5.91 Å². The predicted molar refractivity (Wildman–Crippen MR) is 117 cm³/mol. The van der Waals surface area contributed by atoms with E-state index in [4.69, 9.17) is 14.2 Å². The van der Waals surface area contributed by atoms with Gasteiger partial charge in [0.25, 0.3) is 0 Å². The second-order valence-electron chi connectivity index (χ2n) is 8.37. The van der Waals surface area contributed by atoms with Gasteiger partial charge in [-0.15, -0.1) is 0 Å². The Morgan fingerprint density at radius 1 is 1.16 bits per heavy atom. The number of rotatable bonds is 5. The fourth-order valence-corrected chi connectivity index (χ4v) is 4.75. The van der Waals surface area contributed by atoms with Crippen LogP contribution in [-0.2, 0) is 16.0 Å². The fourth-order valence-electron chi connectivity index (χ4n) is 4.75. The number of morpholine rings is 1. The van der Waals surface area contributed by atoms with Gasteiger partial charge >= 0.3 is 0 Å². The number of carbonyl (C=O) groups is 1. The molecule has 2 aliphatic heterocycles. The molecule has 0 spiro atoms. The largest absolute Gasteiger partial charge is 0.493 e. The molecule has 1 unspecified atom stereocenters. The maximum Gasteiger partial charge on any atom is 0.236 e. The summed E-state index contributed by atoms with van der Waals surface area (Å²) in [5.41, 5.74) is 3.41. The van der Waals surface area contributed by atoms with Crippen molar-refractivity contribution in [3.8, 4) is 11.5 Å². The zero-order valence-electron chi connectivity index (χ0n) is 18.7. The number of nitrogens with zero attached hydrogens (tertiary/aromatic N) is 3. The molecule has 0 radical (unpaired) electrons. The molecular formula is C24H31N3O4. The lowest BCUT2D eigenvalue weighted by Gasteiger charge is -2.40. The molecule has 0 aliphatic carbocycles. The Morgan fingerprint density at radius 3 is 2.52 bits per heavy atom. The first-order valence-corrected chi connectivity index (χ1v) is 10.8. The Bertz CT molecular complexity index is 911. The summed E-state index contributed by atoms with van der Waals surface area (Å²) in [6.07, 6.45) is 4.61. The number of fused-ring (bicyclic) bond motifs is 1. The smallest absolute Gasteiger partial charge is 0.236 e. The van der Waals surface area contributed by atoms with Gasteiger partial charge in [-0.3, -0.25) is 14.7 Å². The van der Waals surface area contributed by atoms with Gasteiger partial charge < -0.3 is 19.1 Å². The van der Waals surface area contributed by atoms with Gasteiger partial charge in [0.2, 0.25) is 5.91 Å². The molecule has 0 N–H and O–H groups in total. The SMILES string of the molecule is COc1cc2c(cc1OC)C(c1cccnc1)N(CC(=O)N1C[C@@H](C)O[C@@H](C)C1)CC2. The molecule has 1 aromatic carbocycles. The van der Waals surface area contributed by atoms with Crippen molar-refractivity contribution in [2.45, 2.75) is 38.5 Å². The number of hydrogen-bond acceptors (Lipinski definition) is 6. The maximum absolute atomic E-state index is 13.2. The van der Waals surface area contributed by atoms with E-state index >= 15 is 0 Å². The van der Waals surface area contributed by atoms with Crippen LogP contribution in [0.1, 0.15) is 36.6 Å². The van der Waals surface area contributed by atoms with Gasteiger partial charge in [-0.25, -0.2) is 0 Å². The van der Waals surface area contributed by atoms with Crippen molar-refractivity contribution in [1.82, 2.24) is 14.8 Å². The molecule has 1 amide bonds. The Labute approximate surface area is 183 Å². The highest BCUT2D eigenvalue weighted by Gasteiger charge is 2.34. The summed E-state index contributed by atoms with van der Waals surface area (Å²) >= 11 is 0. The molecule has 3 atom stereocenters. The first kappa shape index (κ1) is 21.6. The monoisotopic (exact) mass is 425 g/mol. The van der Waals surface area contributed by atoms with Gasteiger partial charge in [-0.1, -0.05) is 6.07 Å². The lowest BCUT2D eigenvalue weighted by Crippen LogP contribution is -2.52. The molecular weight excluding hydrogens is 394 g/mol. The van der Waals surface area contributed by atoms with Crippen molar-refractivity contribution in [2.75, 3.05) is 40.4 Å². The first-order chi connectivity index (χ1) is 15.0. The minimum atomic E-state index is -0.0721. The van der Waals surface area contributed by atoms with Crippen molar-refractivity contribution in [1.29, 1.82) is 0 Å². The van der Waals surface area contributed by atoms with Crippen molar-refractivity contribution in [3.05, 3.63) is 53.3 Å². The molecule has 2 aliphatic rings. The summed E-state index contributed by atoms with van der Waals surface area (Å²) in [5, 5.41) is 0. The van der Waals surface area contributed by atoms with E-state index in [-0.39, 0.29) is 24.2 Å². The number of pyridine rings is 1. The molecule has 166 valence electrons. The van der Waals surface area contributed by atoms with Gasteiger partial charge in [-0.05, 0) is 55.2 Å². The van der Waals surface area contributed by atoms with Gasteiger partial charge in [0, 0.05) is 32.0 Å². The molecule has 3 heterocycles. The lowest BCUT2D eigenvalue weighted by molar-refractivity contribution is -0.144. The fraction of sp³-hybridized carbons (Fsp3) is 0.500. The van der Waals surface area contributed by atoms with Gasteiger partial charge in [0.1, 0.15) is 0 Å². The summed E-state index contributed by atoms with van der Waals surface area (Å²) in [6.45, 7) is 6.44. The van der Waals surface area contributed by atoms with Crippen LogP contribution in [0.5, 0.6) is 11.5 Å². The minimum Gasteiger partial charge on any atom is -0.493 e. The zero-order chi connectivity index (χ0) is 22.0. The number of ether oxygens (including phenoxy) is 3. The van der Waals surface area contributed by atoms with E-state index in [1.165, 1.54) is 5.56 Å². The second-order valence-corrected chi connectivity index (χ2v) is 8.37. The molecule has 1 aromatic heterocycles. The third-order valence-corrected chi connectivity index (χ3v) is 6.08. The molecule has 4 rings (SSSR count). The van der Waals surface area contributed by atoms with E-state index in [0.29, 0.717) is 25.4 Å². The number of methoxy groups -OCH3 is 2. The molecule has 7 nitrogen and oxygen atoms in total. The van der Waals surface area contributed by atoms with Gasteiger partial charge in [-0.2, -0.15) is 0 Å². The molecule has 1 fully saturated rings. The highest BCUT2D eigenvalue weighted by atomic mass is 16.5. The molecule has 0 saturated carbocycles. The summed E-state index contributed by atoms with van der Waals surface area (Å²) in [7, 11) is 3.30. The third kappa shape index (κ3) is 4.52. The minimum absolute atomic E-state index is 0.0561. The van der Waals surface area contributed by atoms with Gasteiger partial charge in [0.15, 0.2) is 11.5 Å². The molecule has 2 aromatic rings. The number of benzene rings is 1. The quantitative estimate of drug-likeness (QED) is 0.734. The van der Waals surface area contributed by atoms with E-state index in [9.17, 15) is 4.79 Å². The normalized spacial score (nSPS) is 23.9. The van der Waals surface area contributed by atoms with Crippen LogP contribution in [0.4, 0.5) is 0 Å². The van der Waals surface area contributed by atoms with Crippen molar-refractivity contribution in [2.24, 2.45) is 0 Å². The molecule has 31 heavy (non-hydrogen) atoms. The van der Waals surface area contributed by atoms with E-state index in [2.05, 4.69) is 22.0 Å². The molecule has 0 bridgehead atoms. The highest BCUT2D eigenvalue weighted by molar-refractivity contribution is 5.78. The summed E-state index contributed by atoms with van der Waals surface area (Å²) in [5.74, 6) is 1.56. The van der Waals surface area contributed by atoms with E-state index in [1.807, 2.05) is 37.1 Å². The average molecular weight is 426 g/mol. The van der Waals surface area contributed by atoms with Crippen LogP contribution in [0.2, 0.25) is 0 Å². The molecule has 1 saturated heterocycles. The Kier molecular flexibility index (Phi) is 6.43. The zero-order valence-corrected chi connectivity index (χ0v) is 18.7. The predicted octanol–water partition coefficient (Wildman–Crippen LogP) is 2.68. The average Bonchev–Trinajstić information content (AvgIpc) is 2.77. The van der Waals surface area contributed by atoms with Crippen molar-refractivity contribution < 1.29 is 19.0 Å². The van der Waals surface area contributed by atoms with Crippen LogP contribution >= 0.6 is 0 Å². The van der Waals surface area contributed by atoms with Crippen LogP contribution in [0.25, 0.3) is 0 Å². The standard InChI is InChI=1S/C24H31N3O4/c1-16-13-27(14-17(2)31-16)23(28)15-26-9-7-18-10-21(29-3)22(30-4)11-20(18)24(26)19-6-5-8-25-12-19/h5-6,8,10-12,16-17,24H,7,9,13-15H2,1-4H3/t16-,17+,24?. The maximum atomic E-state index is 13.2. The number of carbonyl (C=O) groups excluding carboxylic acids is 1. The number of amides is 1. The topological polar surface area (TPSA) is 64.1 Å². The second kappa shape index (κ2) is 9.24. The summed E-state index contributed by atoms with van der Waals surface area (Å²) in [6, 6.07) is 8.04. The summed E-state index contributed by atoms with van der Waals surface area (Å²) in [4.78, 5) is 21.8. The van der Waals surface area contributed by atoms with Crippen LogP contribution in [0, 0.1) is 0 Å². The van der Waals surface area contributed by atoms with E-state index in [1.54, 1.807) is 20.4 Å². The van der Waals surface area contributed by atoms with Gasteiger partial charge in [0.05, 0.1) is 39.0 Å². The van der Waals surface area contributed by atoms with E-state index in [0.717, 1.165) is 29.8 Å². The van der Waals surface area contributed by atoms with Crippen LogP contribution in [0.15, 0.2) is 36.7 Å². The first-order valence-electron chi connectivity index (χ1n) is 10.8.